The molecule has 0 aromatic carbocycles. The molecule has 0 radical (unpaired) electrons. The van der Waals surface area contributed by atoms with E-state index in [-0.39, 0.29) is 6.29 Å². The standard InChI is InChI=1S/C6H12O6/c7-1-3(9)5(11)6(12)4(10)2-8/h1,3-6,8-12H,2H2/t3-,4+,5+,6-/m0/s1/i2T2. The molecule has 0 amide bonds. The van der Waals surface area contributed by atoms with E-state index in [1.807, 2.05) is 0 Å². The molecule has 72 valence electrons. The second-order valence-electron chi connectivity index (χ2n) is 2.18. The molecule has 0 aliphatic carbocycles. The third-order valence-electron chi connectivity index (χ3n) is 1.30. The zero-order valence-electron chi connectivity index (χ0n) is 8.03. The zero-order valence-corrected chi connectivity index (χ0v) is 6.03. The molecule has 0 aliphatic heterocycles. The summed E-state index contributed by atoms with van der Waals surface area (Å²) in [5.41, 5.74) is 0. The van der Waals surface area contributed by atoms with E-state index in [4.69, 9.17) is 28.3 Å². The second-order valence-corrected chi connectivity index (χ2v) is 2.18. The van der Waals surface area contributed by atoms with Crippen LogP contribution in [0.2, 0.25) is 0 Å². The summed E-state index contributed by atoms with van der Waals surface area (Å²) in [6.07, 6.45) is -8.61. The lowest BCUT2D eigenvalue weighted by molar-refractivity contribution is -0.136. The summed E-state index contributed by atoms with van der Waals surface area (Å²) < 4.78 is 13.2. The average Bonchev–Trinajstić information content (AvgIpc) is 2.11. The molecule has 0 saturated carbocycles. The fourth-order valence-electron chi connectivity index (χ4n) is 0.546. The predicted octanol–water partition coefficient (Wildman–Crippen LogP) is -3.38. The molecule has 0 aromatic heterocycles. The monoisotopic (exact) mass is 184 g/mol. The van der Waals surface area contributed by atoms with Crippen LogP contribution < -0.4 is 0 Å². The maximum atomic E-state index is 9.96. The predicted molar refractivity (Wildman–Crippen MR) is 37.2 cm³/mol. The lowest BCUT2D eigenvalue weighted by Crippen LogP contribution is -2.46. The SMILES string of the molecule is [3H]C([3H])(O)[C@@H](O)[C@H](O)[C@H](O)[C@@H](O)C=O. The summed E-state index contributed by atoms with van der Waals surface area (Å²) in [4.78, 5) is 9.96. The third kappa shape index (κ3) is 2.84. The Hall–Kier alpha value is -0.530. The largest absolute Gasteiger partial charge is 0.394 e. The van der Waals surface area contributed by atoms with Crippen LogP contribution in [0, 0.1) is 0 Å². The zero-order chi connectivity index (χ0) is 11.5. The molecule has 0 aliphatic rings. The normalized spacial score (nSPS) is 24.8. The van der Waals surface area contributed by atoms with Crippen molar-refractivity contribution in [2.24, 2.45) is 0 Å². The number of hydrogen-bond donors (Lipinski definition) is 5. The van der Waals surface area contributed by atoms with E-state index in [2.05, 4.69) is 0 Å². The van der Waals surface area contributed by atoms with Gasteiger partial charge in [-0.05, 0) is 0 Å². The number of rotatable bonds is 5. The summed E-state index contributed by atoms with van der Waals surface area (Å²) >= 11 is 0. The summed E-state index contributed by atoms with van der Waals surface area (Å²) in [7, 11) is 0. The molecule has 4 atom stereocenters. The highest BCUT2D eigenvalue weighted by molar-refractivity contribution is 5.56. The molecular weight excluding hydrogens is 168 g/mol. The summed E-state index contributed by atoms with van der Waals surface area (Å²) in [6, 6.07) is 0. The molecule has 0 unspecified atom stereocenters. The van der Waals surface area contributed by atoms with Crippen LogP contribution in [0.5, 0.6) is 0 Å². The Labute approximate surface area is 71.5 Å². The van der Waals surface area contributed by atoms with Crippen molar-refractivity contribution in [1.29, 1.82) is 0 Å². The van der Waals surface area contributed by atoms with Gasteiger partial charge in [0.25, 0.3) is 0 Å². The minimum absolute atomic E-state index is 0.0897. The number of carbonyl (C=O) groups excluding carboxylic acids is 1. The van der Waals surface area contributed by atoms with Crippen LogP contribution in [0.25, 0.3) is 0 Å². The highest BCUT2D eigenvalue weighted by Crippen LogP contribution is 2.02. The number of carbonyl (C=O) groups is 1. The van der Waals surface area contributed by atoms with Crippen molar-refractivity contribution in [3.63, 3.8) is 0 Å². The highest BCUT2D eigenvalue weighted by Gasteiger charge is 2.29. The van der Waals surface area contributed by atoms with E-state index in [9.17, 15) is 4.79 Å². The van der Waals surface area contributed by atoms with Crippen LogP contribution in [0.15, 0.2) is 0 Å². The molecule has 0 rings (SSSR count). The molecule has 0 aromatic rings. The van der Waals surface area contributed by atoms with Crippen LogP contribution in [0.3, 0.4) is 0 Å². The minimum Gasteiger partial charge on any atom is -0.394 e. The van der Waals surface area contributed by atoms with Gasteiger partial charge in [-0.2, -0.15) is 0 Å². The van der Waals surface area contributed by atoms with E-state index in [0.29, 0.717) is 0 Å². The number of aliphatic hydroxyl groups excluding tert-OH is 4. The molecule has 0 heterocycles. The minimum atomic E-state index is -3.14. The Kier molecular flexibility index (Phi) is 3.49. The maximum Gasteiger partial charge on any atom is 0.151 e. The quantitative estimate of drug-likeness (QED) is 0.284. The Morgan fingerprint density at radius 2 is 1.75 bits per heavy atom. The fraction of sp³-hybridized carbons (Fsp3) is 0.833. The van der Waals surface area contributed by atoms with E-state index in [1.165, 1.54) is 0 Å². The molecule has 0 fully saturated rings. The molecule has 6 nitrogen and oxygen atoms in total. The van der Waals surface area contributed by atoms with Gasteiger partial charge in [0.1, 0.15) is 24.4 Å². The van der Waals surface area contributed by atoms with E-state index < -0.39 is 31.0 Å². The lowest BCUT2D eigenvalue weighted by Gasteiger charge is -2.22. The smallest absolute Gasteiger partial charge is 0.151 e. The Morgan fingerprint density at radius 1 is 1.25 bits per heavy atom. The number of aliphatic hydroxyl groups is 5. The fourth-order valence-corrected chi connectivity index (χ4v) is 0.546. The van der Waals surface area contributed by atoms with Gasteiger partial charge in [-0.3, -0.25) is 0 Å². The first-order chi connectivity index (χ1) is 6.21. The summed E-state index contributed by atoms with van der Waals surface area (Å²) in [5, 5.41) is 44.2. The van der Waals surface area contributed by atoms with Gasteiger partial charge in [-0.1, -0.05) is 0 Å². The third-order valence-corrected chi connectivity index (χ3v) is 1.30. The molecule has 0 spiro atoms. The topological polar surface area (TPSA) is 118 Å². The van der Waals surface area contributed by atoms with Crippen molar-refractivity contribution in [2.75, 3.05) is 6.56 Å². The van der Waals surface area contributed by atoms with E-state index in [0.717, 1.165) is 0 Å². The average molecular weight is 184 g/mol. The van der Waals surface area contributed by atoms with Crippen molar-refractivity contribution in [3.8, 4) is 0 Å². The van der Waals surface area contributed by atoms with Gasteiger partial charge in [0.05, 0.1) is 9.30 Å². The van der Waals surface area contributed by atoms with Crippen LogP contribution in [-0.2, 0) is 4.79 Å². The van der Waals surface area contributed by atoms with Crippen molar-refractivity contribution in [1.82, 2.24) is 0 Å². The van der Waals surface area contributed by atoms with Crippen molar-refractivity contribution < 1.29 is 33.1 Å². The molecule has 0 bridgehead atoms. The molecule has 12 heavy (non-hydrogen) atoms. The molecular formula is C6H12O6. The molecule has 0 saturated heterocycles. The first-order valence-electron chi connectivity index (χ1n) is 4.11. The van der Waals surface area contributed by atoms with E-state index >= 15 is 0 Å². The lowest BCUT2D eigenvalue weighted by atomic mass is 10.0. The van der Waals surface area contributed by atoms with Gasteiger partial charge >= 0.3 is 0 Å². The highest BCUT2D eigenvalue weighted by atomic mass is 16.4. The van der Waals surface area contributed by atoms with Crippen molar-refractivity contribution in [3.05, 3.63) is 0 Å². The van der Waals surface area contributed by atoms with Crippen LogP contribution in [0.1, 0.15) is 2.74 Å². The maximum absolute atomic E-state index is 9.96. The first-order valence-corrected chi connectivity index (χ1v) is 3.11. The van der Waals surface area contributed by atoms with Gasteiger partial charge in [-0.15, -0.1) is 0 Å². The van der Waals surface area contributed by atoms with Crippen molar-refractivity contribution >= 4 is 6.29 Å². The Morgan fingerprint density at radius 3 is 2.08 bits per heavy atom. The van der Waals surface area contributed by atoms with Gasteiger partial charge in [-0.25, -0.2) is 0 Å². The van der Waals surface area contributed by atoms with Crippen LogP contribution >= 0.6 is 0 Å². The number of aldehydes is 1. The first kappa shape index (κ1) is 8.09. The van der Waals surface area contributed by atoms with Crippen LogP contribution in [0.4, 0.5) is 0 Å². The molecule has 5 N–H and O–H groups in total. The summed E-state index contributed by atoms with van der Waals surface area (Å²) in [6.45, 7) is -3.14. The Balaban J connectivity index is 4.46. The van der Waals surface area contributed by atoms with Gasteiger partial charge < -0.3 is 30.3 Å². The van der Waals surface area contributed by atoms with Gasteiger partial charge in [0, 0.05) is 0 Å². The van der Waals surface area contributed by atoms with Crippen LogP contribution in [-0.4, -0.2) is 62.8 Å². The van der Waals surface area contributed by atoms with Crippen molar-refractivity contribution in [2.45, 2.75) is 24.4 Å². The van der Waals surface area contributed by atoms with Gasteiger partial charge in [0.15, 0.2) is 6.29 Å². The second kappa shape index (κ2) is 5.18. The summed E-state index contributed by atoms with van der Waals surface area (Å²) in [5.74, 6) is 0. The van der Waals surface area contributed by atoms with Gasteiger partial charge in [0.2, 0.25) is 0 Å². The Bertz CT molecular complexity index is 193. The molecule has 6 heteroatoms. The number of hydrogen-bond acceptors (Lipinski definition) is 6. The van der Waals surface area contributed by atoms with E-state index in [1.54, 1.807) is 0 Å².